The molecule has 6 nitrogen and oxygen atoms in total. The van der Waals surface area contributed by atoms with Gasteiger partial charge >= 0.3 is 0 Å². The third kappa shape index (κ3) is 5.62. The lowest BCUT2D eigenvalue weighted by Crippen LogP contribution is -2.06. The van der Waals surface area contributed by atoms with Gasteiger partial charge in [0.05, 0.1) is 27.6 Å². The molecular weight excluding hydrogens is 771 g/mol. The van der Waals surface area contributed by atoms with Crippen LogP contribution in [0.4, 0.5) is 0 Å². The van der Waals surface area contributed by atoms with Gasteiger partial charge in [0, 0.05) is 49.6 Å². The Labute approximate surface area is 361 Å². The van der Waals surface area contributed by atoms with Crippen molar-refractivity contribution in [3.8, 4) is 56.7 Å². The van der Waals surface area contributed by atoms with Crippen molar-refractivity contribution in [1.29, 1.82) is 0 Å². The maximum absolute atomic E-state index is 7.00. The standard InChI is InChI=1S/C57H35N5O/c1-3-16-36(17-4-1)38-20-13-22-40(32-38)55-58-56(60-57(59-55)62-50-30-11-7-24-42(50)43-25-8-12-31-51(43)62)46-28-15-27-45-48-34-47-44-26-9-10-29-49(44)61(52(47)35-53(48)63-54(45)46)41-23-14-21-39(33-41)37-18-5-2-6-19-37/h1-35H. The van der Waals surface area contributed by atoms with E-state index in [1.165, 1.54) is 10.9 Å². The van der Waals surface area contributed by atoms with Gasteiger partial charge in [-0.1, -0.05) is 158 Å². The molecule has 0 amide bonds. The van der Waals surface area contributed by atoms with Gasteiger partial charge in [-0.05, 0) is 70.8 Å². The van der Waals surface area contributed by atoms with Crippen molar-refractivity contribution in [2.75, 3.05) is 0 Å². The van der Waals surface area contributed by atoms with Crippen LogP contribution in [0.5, 0.6) is 0 Å². The summed E-state index contributed by atoms with van der Waals surface area (Å²) in [6, 6.07) is 74.4. The Morgan fingerprint density at radius 1 is 0.317 bits per heavy atom. The fourth-order valence-corrected chi connectivity index (χ4v) is 9.49. The molecule has 9 aromatic carbocycles. The van der Waals surface area contributed by atoms with Gasteiger partial charge in [-0.2, -0.15) is 9.97 Å². The Balaban J connectivity index is 1.04. The van der Waals surface area contributed by atoms with Gasteiger partial charge in [-0.15, -0.1) is 0 Å². The highest BCUT2D eigenvalue weighted by atomic mass is 16.3. The second kappa shape index (κ2) is 14.0. The first-order chi connectivity index (χ1) is 31.2. The lowest BCUT2D eigenvalue weighted by Gasteiger charge is -2.12. The molecule has 0 atom stereocenters. The predicted molar refractivity (Wildman–Crippen MR) is 258 cm³/mol. The molecule has 0 N–H and O–H groups in total. The summed E-state index contributed by atoms with van der Waals surface area (Å²) >= 11 is 0. The predicted octanol–water partition coefficient (Wildman–Crippen LogP) is 14.6. The van der Waals surface area contributed by atoms with Crippen LogP contribution in [0.2, 0.25) is 0 Å². The second-order valence-electron chi connectivity index (χ2n) is 16.0. The van der Waals surface area contributed by atoms with Gasteiger partial charge in [0.2, 0.25) is 5.95 Å². The van der Waals surface area contributed by atoms with E-state index >= 15 is 0 Å². The zero-order chi connectivity index (χ0) is 41.4. The van der Waals surface area contributed by atoms with Crippen LogP contribution in [0, 0.1) is 0 Å². The zero-order valence-electron chi connectivity index (χ0n) is 33.9. The molecule has 0 aliphatic rings. The average molecular weight is 806 g/mol. The van der Waals surface area contributed by atoms with Crippen LogP contribution in [-0.4, -0.2) is 24.1 Å². The van der Waals surface area contributed by atoms with Crippen LogP contribution in [0.1, 0.15) is 0 Å². The fraction of sp³-hybridized carbons (Fsp3) is 0. The summed E-state index contributed by atoms with van der Waals surface area (Å²) in [5, 5.41) is 6.65. The van der Waals surface area contributed by atoms with E-state index in [4.69, 9.17) is 19.4 Å². The van der Waals surface area contributed by atoms with Crippen LogP contribution in [0.15, 0.2) is 217 Å². The van der Waals surface area contributed by atoms with Crippen molar-refractivity contribution >= 4 is 65.6 Å². The fourth-order valence-electron chi connectivity index (χ4n) is 9.49. The number of furan rings is 1. The summed E-state index contributed by atoms with van der Waals surface area (Å²) in [5.41, 5.74) is 13.1. The molecule has 4 heterocycles. The van der Waals surface area contributed by atoms with Crippen LogP contribution in [-0.2, 0) is 0 Å². The topological polar surface area (TPSA) is 61.7 Å². The quantitative estimate of drug-likeness (QED) is 0.168. The molecule has 63 heavy (non-hydrogen) atoms. The average Bonchev–Trinajstić information content (AvgIpc) is 4.01. The third-order valence-electron chi connectivity index (χ3n) is 12.4. The van der Waals surface area contributed by atoms with Crippen molar-refractivity contribution in [3.63, 3.8) is 0 Å². The molecule has 0 saturated heterocycles. The smallest absolute Gasteiger partial charge is 0.238 e. The van der Waals surface area contributed by atoms with E-state index in [0.717, 1.165) is 93.7 Å². The van der Waals surface area contributed by atoms with E-state index in [2.05, 4.69) is 215 Å². The minimum absolute atomic E-state index is 0.531. The van der Waals surface area contributed by atoms with E-state index in [9.17, 15) is 0 Å². The first-order valence-electron chi connectivity index (χ1n) is 21.2. The molecule has 0 unspecified atom stereocenters. The van der Waals surface area contributed by atoms with Crippen LogP contribution >= 0.6 is 0 Å². The molecule has 0 spiro atoms. The first kappa shape index (κ1) is 35.2. The summed E-state index contributed by atoms with van der Waals surface area (Å²) in [6.45, 7) is 0. The van der Waals surface area contributed by atoms with Crippen LogP contribution < -0.4 is 0 Å². The SMILES string of the molecule is c1ccc(-c2cccc(-c3nc(-c4cccc5c4oc4cc6c(cc45)c4ccccc4n6-c4cccc(-c5ccccc5)c4)nc(-n4c5ccccc5c5ccccc54)n3)c2)cc1. The summed E-state index contributed by atoms with van der Waals surface area (Å²) < 4.78 is 11.5. The second-order valence-corrected chi connectivity index (χ2v) is 16.0. The monoisotopic (exact) mass is 805 g/mol. The normalized spacial score (nSPS) is 11.8. The number of fused-ring (bicyclic) bond motifs is 9. The van der Waals surface area contributed by atoms with Crippen molar-refractivity contribution in [3.05, 3.63) is 212 Å². The van der Waals surface area contributed by atoms with Gasteiger partial charge in [0.15, 0.2) is 11.6 Å². The molecule has 4 aromatic heterocycles. The Morgan fingerprint density at radius 3 is 1.54 bits per heavy atom. The lowest BCUT2D eigenvalue weighted by molar-refractivity contribution is 0.670. The summed E-state index contributed by atoms with van der Waals surface area (Å²) in [6.07, 6.45) is 0. The number of benzene rings is 9. The van der Waals surface area contributed by atoms with Gasteiger partial charge in [-0.25, -0.2) is 4.98 Å². The molecule has 0 fully saturated rings. The number of nitrogens with zero attached hydrogens (tertiary/aromatic N) is 5. The summed E-state index contributed by atoms with van der Waals surface area (Å²) in [4.78, 5) is 15.9. The molecular formula is C57H35N5O. The maximum atomic E-state index is 7.00. The van der Waals surface area contributed by atoms with Crippen molar-refractivity contribution < 1.29 is 4.42 Å². The van der Waals surface area contributed by atoms with Gasteiger partial charge < -0.3 is 8.98 Å². The van der Waals surface area contributed by atoms with Gasteiger partial charge in [0.1, 0.15) is 11.2 Å². The highest BCUT2D eigenvalue weighted by Gasteiger charge is 2.22. The Kier molecular flexibility index (Phi) is 7.80. The molecule has 0 radical (unpaired) electrons. The number of para-hydroxylation sites is 4. The molecule has 0 aliphatic heterocycles. The summed E-state index contributed by atoms with van der Waals surface area (Å²) in [5.74, 6) is 1.64. The number of rotatable bonds is 6. The highest BCUT2D eigenvalue weighted by molar-refractivity contribution is 6.18. The number of hydrogen-bond donors (Lipinski definition) is 0. The van der Waals surface area contributed by atoms with E-state index in [0.29, 0.717) is 17.6 Å². The number of aromatic nitrogens is 5. The maximum Gasteiger partial charge on any atom is 0.238 e. The van der Waals surface area contributed by atoms with Crippen LogP contribution in [0.25, 0.3) is 122 Å². The molecule has 13 rings (SSSR count). The van der Waals surface area contributed by atoms with E-state index in [1.807, 2.05) is 6.07 Å². The lowest BCUT2D eigenvalue weighted by atomic mass is 10.0. The molecule has 0 saturated carbocycles. The van der Waals surface area contributed by atoms with Gasteiger partial charge in [-0.3, -0.25) is 4.57 Å². The largest absolute Gasteiger partial charge is 0.455 e. The molecule has 6 heteroatoms. The van der Waals surface area contributed by atoms with Crippen molar-refractivity contribution in [2.45, 2.75) is 0 Å². The van der Waals surface area contributed by atoms with E-state index in [-0.39, 0.29) is 0 Å². The Morgan fingerprint density at radius 2 is 0.841 bits per heavy atom. The Bertz CT molecular complexity index is 3860. The number of hydrogen-bond acceptors (Lipinski definition) is 4. The highest BCUT2D eigenvalue weighted by Crippen LogP contribution is 2.41. The third-order valence-corrected chi connectivity index (χ3v) is 12.4. The molecule has 294 valence electrons. The Hall–Kier alpha value is -8.61. The van der Waals surface area contributed by atoms with Crippen molar-refractivity contribution in [2.24, 2.45) is 0 Å². The minimum Gasteiger partial charge on any atom is -0.455 e. The zero-order valence-corrected chi connectivity index (χ0v) is 33.9. The first-order valence-corrected chi connectivity index (χ1v) is 21.2. The molecule has 13 aromatic rings. The molecule has 0 bridgehead atoms. The van der Waals surface area contributed by atoms with E-state index in [1.54, 1.807) is 0 Å². The minimum atomic E-state index is 0.531. The van der Waals surface area contributed by atoms with E-state index < -0.39 is 0 Å². The van der Waals surface area contributed by atoms with Crippen molar-refractivity contribution in [1.82, 2.24) is 24.1 Å². The summed E-state index contributed by atoms with van der Waals surface area (Å²) in [7, 11) is 0. The molecule has 0 aliphatic carbocycles. The van der Waals surface area contributed by atoms with Crippen LogP contribution in [0.3, 0.4) is 0 Å². The van der Waals surface area contributed by atoms with Gasteiger partial charge in [0.25, 0.3) is 0 Å².